The number of aromatic nitrogens is 1. The first kappa shape index (κ1) is 39.6. The smallest absolute Gasteiger partial charge is 0.417 e. The van der Waals surface area contributed by atoms with E-state index in [9.17, 15) is 37.5 Å². The molecule has 3 aromatic carbocycles. The van der Waals surface area contributed by atoms with Gasteiger partial charge in [-0.2, -0.15) is 18.2 Å². The largest absolute Gasteiger partial charge is 0.504 e. The molecule has 8 rings (SSSR count). The fraction of sp³-hybridized carbons (Fsp3) is 0.268. The summed E-state index contributed by atoms with van der Waals surface area (Å²) in [5.74, 6) is -8.81. The summed E-state index contributed by atoms with van der Waals surface area (Å²) in [6, 6.07) is 16.0. The van der Waals surface area contributed by atoms with Gasteiger partial charge in [0.2, 0.25) is 11.8 Å². The predicted octanol–water partition coefficient (Wildman–Crippen LogP) is 8.28. The number of phenols is 1. The number of ketones is 1. The molecule has 0 spiro atoms. The van der Waals surface area contributed by atoms with Gasteiger partial charge in [0.1, 0.15) is 0 Å². The van der Waals surface area contributed by atoms with Crippen LogP contribution < -0.4 is 15.1 Å². The van der Waals surface area contributed by atoms with E-state index in [-0.39, 0.29) is 41.4 Å². The van der Waals surface area contributed by atoms with Crippen LogP contribution in [0.3, 0.4) is 0 Å². The number of phenolic OH excluding ortho intramolecular Hbond substituents is 1. The molecule has 2 aliphatic carbocycles. The molecule has 298 valence electrons. The van der Waals surface area contributed by atoms with Gasteiger partial charge in [-0.05, 0) is 85.8 Å². The lowest BCUT2D eigenvalue weighted by molar-refractivity contribution is -0.139. The molecule has 3 fully saturated rings. The minimum absolute atomic E-state index is 0.0309. The number of fused-ring (bicyclic) bond motifs is 4. The highest BCUT2D eigenvalue weighted by atomic mass is 79.9. The second-order valence-corrected chi connectivity index (χ2v) is 16.3. The zero-order valence-corrected chi connectivity index (χ0v) is 33.4. The number of halogens is 6. The Balaban J connectivity index is 1.32. The summed E-state index contributed by atoms with van der Waals surface area (Å²) >= 11 is 16.1. The lowest BCUT2D eigenvalue weighted by Gasteiger charge is -2.50. The van der Waals surface area contributed by atoms with Gasteiger partial charge in [0.05, 0.1) is 46.6 Å². The first-order chi connectivity index (χ1) is 27.5. The maximum atomic E-state index is 15.4. The summed E-state index contributed by atoms with van der Waals surface area (Å²) in [7, 11) is 1.34. The predicted molar refractivity (Wildman–Crippen MR) is 208 cm³/mol. The molecule has 17 heteroatoms. The van der Waals surface area contributed by atoms with Crippen molar-refractivity contribution >= 4 is 80.0 Å². The van der Waals surface area contributed by atoms with Crippen LogP contribution in [0.5, 0.6) is 11.5 Å². The van der Waals surface area contributed by atoms with Gasteiger partial charge in [-0.15, -0.1) is 0 Å². The first-order valence-electron chi connectivity index (χ1n) is 17.9. The van der Waals surface area contributed by atoms with Crippen molar-refractivity contribution < 1.29 is 47.0 Å². The Morgan fingerprint density at radius 1 is 0.983 bits per heavy atom. The number of allylic oxidation sites excluding steroid dienone is 2. The van der Waals surface area contributed by atoms with Crippen LogP contribution in [0.1, 0.15) is 52.7 Å². The number of carbonyl (C=O) groups is 5. The van der Waals surface area contributed by atoms with E-state index in [0.717, 1.165) is 4.90 Å². The number of ether oxygens (including phenoxy) is 1. The number of Topliss-reactive ketones (excluding diaryl/α,β-unsaturated/α-hetero) is 1. The highest BCUT2D eigenvalue weighted by molar-refractivity contribution is 9.10. The van der Waals surface area contributed by atoms with Crippen LogP contribution in [0.15, 0.2) is 89.0 Å². The minimum atomic E-state index is -4.78. The Morgan fingerprint density at radius 2 is 1.67 bits per heavy atom. The molecule has 6 atom stereocenters. The van der Waals surface area contributed by atoms with E-state index in [4.69, 9.17) is 27.9 Å². The standard InChI is InChI=1S/C41H30BrCl2F3N4O7/c1-18(52)19-3-9-24(10-4-19)50-36(54)26-12-11-25-27(32(26)38(50)56)16-29-37(55)51(49-35-30(44)13-21(17-48-35)41(45,46)47)39(57)40(29,20-5-7-23(43)8-6-20)33(25)28-14-22(42)15-31(58-2)34(28)53/h3-11,13-15,17,26-27,29,32-33,53H,12,16H2,1-2H3,(H,48,49). The molecular weight excluding hydrogens is 868 g/mol. The van der Waals surface area contributed by atoms with Crippen molar-refractivity contribution in [3.63, 3.8) is 0 Å². The van der Waals surface area contributed by atoms with Crippen LogP contribution in [-0.2, 0) is 30.8 Å². The maximum absolute atomic E-state index is 15.4. The van der Waals surface area contributed by atoms with Crippen molar-refractivity contribution in [1.82, 2.24) is 9.99 Å². The van der Waals surface area contributed by atoms with Crippen LogP contribution >= 0.6 is 39.1 Å². The highest BCUT2D eigenvalue weighted by Gasteiger charge is 2.71. The number of benzene rings is 3. The fourth-order valence-electron chi connectivity index (χ4n) is 9.20. The lowest BCUT2D eigenvalue weighted by Crippen LogP contribution is -2.53. The molecule has 0 radical (unpaired) electrons. The van der Waals surface area contributed by atoms with Gasteiger partial charge < -0.3 is 9.84 Å². The highest BCUT2D eigenvalue weighted by Crippen LogP contribution is 2.65. The van der Waals surface area contributed by atoms with Crippen molar-refractivity contribution in [2.75, 3.05) is 17.4 Å². The molecule has 4 aliphatic rings. The Labute approximate surface area is 346 Å². The molecule has 1 saturated carbocycles. The van der Waals surface area contributed by atoms with Gasteiger partial charge >= 0.3 is 6.18 Å². The van der Waals surface area contributed by atoms with E-state index >= 15 is 4.79 Å². The summed E-state index contributed by atoms with van der Waals surface area (Å²) in [5, 5.41) is 12.4. The van der Waals surface area contributed by atoms with Crippen molar-refractivity contribution in [1.29, 1.82) is 0 Å². The number of hydrazine groups is 1. The van der Waals surface area contributed by atoms with Gasteiger partial charge in [0, 0.05) is 32.7 Å². The Kier molecular flexibility index (Phi) is 9.71. The number of anilines is 2. The number of hydrogen-bond acceptors (Lipinski definition) is 9. The normalized spacial score (nSPS) is 25.3. The quantitative estimate of drug-likeness (QED) is 0.106. The monoisotopic (exact) mass is 896 g/mol. The average Bonchev–Trinajstić information content (AvgIpc) is 3.56. The number of pyridine rings is 1. The zero-order chi connectivity index (χ0) is 41.6. The number of amides is 4. The van der Waals surface area contributed by atoms with E-state index in [1.54, 1.807) is 24.3 Å². The Bertz CT molecular complexity index is 2480. The second kappa shape index (κ2) is 14.2. The van der Waals surface area contributed by atoms with E-state index in [1.807, 2.05) is 0 Å². The number of methoxy groups -OCH3 is 1. The molecule has 4 amide bonds. The molecule has 2 saturated heterocycles. The molecule has 4 aromatic rings. The molecule has 1 aromatic heterocycles. The second-order valence-electron chi connectivity index (χ2n) is 14.6. The van der Waals surface area contributed by atoms with Gasteiger partial charge in [0.25, 0.3) is 11.8 Å². The van der Waals surface area contributed by atoms with Crippen molar-refractivity contribution in [3.8, 4) is 11.5 Å². The third-order valence-electron chi connectivity index (χ3n) is 11.7. The summed E-state index contributed by atoms with van der Waals surface area (Å²) in [6.07, 6.45) is -2.55. The van der Waals surface area contributed by atoms with Crippen molar-refractivity contribution in [2.24, 2.45) is 23.7 Å². The van der Waals surface area contributed by atoms with E-state index < -0.39 is 81.2 Å². The Hall–Kier alpha value is -5.25. The molecule has 2 aliphatic heterocycles. The Morgan fingerprint density at radius 3 is 2.29 bits per heavy atom. The number of aromatic hydroxyl groups is 1. The third kappa shape index (κ3) is 5.99. The van der Waals surface area contributed by atoms with Gasteiger partial charge in [-0.3, -0.25) is 34.3 Å². The third-order valence-corrected chi connectivity index (χ3v) is 12.7. The number of hydrogen-bond donors (Lipinski definition) is 2. The number of imide groups is 2. The van der Waals surface area contributed by atoms with E-state index in [0.29, 0.717) is 43.5 Å². The molecule has 11 nitrogen and oxygen atoms in total. The fourth-order valence-corrected chi connectivity index (χ4v) is 9.99. The maximum Gasteiger partial charge on any atom is 0.417 e. The van der Waals surface area contributed by atoms with Gasteiger partial charge in [-0.25, -0.2) is 4.98 Å². The zero-order valence-electron chi connectivity index (χ0n) is 30.3. The van der Waals surface area contributed by atoms with E-state index in [2.05, 4.69) is 26.3 Å². The SMILES string of the molecule is COc1cc(Br)cc(C2C3=CCC4C(=O)N(c5ccc(C(C)=O)cc5)C(=O)C4C3CC3C(=O)N(Nc4ncc(C(F)(F)F)cc4Cl)C(=O)C32c2ccc(Cl)cc2)c1O. The van der Waals surface area contributed by atoms with Crippen LogP contribution in [0, 0.1) is 23.7 Å². The molecule has 2 N–H and O–H groups in total. The van der Waals surface area contributed by atoms with Crippen LogP contribution in [0.25, 0.3) is 0 Å². The van der Waals surface area contributed by atoms with Crippen molar-refractivity contribution in [2.45, 2.75) is 37.3 Å². The number of alkyl halides is 3. The number of carbonyl (C=O) groups excluding carboxylic acids is 5. The lowest BCUT2D eigenvalue weighted by atomic mass is 9.49. The summed E-state index contributed by atoms with van der Waals surface area (Å²) in [5.41, 5.74) is 1.15. The summed E-state index contributed by atoms with van der Waals surface area (Å²) in [4.78, 5) is 75.9. The molecule has 58 heavy (non-hydrogen) atoms. The number of nitrogens with zero attached hydrogens (tertiary/aromatic N) is 3. The molecule has 0 bridgehead atoms. The van der Waals surface area contributed by atoms with Crippen LogP contribution in [0.2, 0.25) is 10.0 Å². The molecular formula is C41H30BrCl2F3N4O7. The number of rotatable bonds is 7. The molecule has 6 unspecified atom stereocenters. The summed E-state index contributed by atoms with van der Waals surface area (Å²) in [6.45, 7) is 1.39. The van der Waals surface area contributed by atoms with Crippen LogP contribution in [0.4, 0.5) is 24.7 Å². The van der Waals surface area contributed by atoms with Crippen molar-refractivity contribution in [3.05, 3.63) is 121 Å². The average molecular weight is 899 g/mol. The summed E-state index contributed by atoms with van der Waals surface area (Å²) < 4.78 is 46.5. The van der Waals surface area contributed by atoms with Gasteiger partial charge in [0.15, 0.2) is 23.1 Å². The molecule has 3 heterocycles. The number of nitrogens with one attached hydrogen (secondary N) is 1. The van der Waals surface area contributed by atoms with Crippen LogP contribution in [-0.4, -0.2) is 51.6 Å². The van der Waals surface area contributed by atoms with Gasteiger partial charge in [-0.1, -0.05) is 62.9 Å². The minimum Gasteiger partial charge on any atom is -0.504 e. The topological polar surface area (TPSA) is 146 Å². The first-order valence-corrected chi connectivity index (χ1v) is 19.4. The van der Waals surface area contributed by atoms with E-state index in [1.165, 1.54) is 56.5 Å².